The summed E-state index contributed by atoms with van der Waals surface area (Å²) in [7, 11) is 0. The van der Waals surface area contributed by atoms with Crippen LogP contribution in [0, 0.1) is 0 Å². The quantitative estimate of drug-likeness (QED) is 0.557. The van der Waals surface area contributed by atoms with E-state index in [1.165, 1.54) is 12.3 Å². The molecular weight excluding hydrogens is 497 g/mol. The number of aromatic nitrogens is 1. The van der Waals surface area contributed by atoms with Crippen molar-refractivity contribution in [2.24, 2.45) is 0 Å². The average Bonchev–Trinajstić information content (AvgIpc) is 3.08. The first kappa shape index (κ1) is 26.1. The highest BCUT2D eigenvalue weighted by Crippen LogP contribution is 2.39. The molecule has 3 atom stereocenters. The van der Waals surface area contributed by atoms with E-state index in [9.17, 15) is 22.8 Å². The van der Waals surface area contributed by atoms with Gasteiger partial charge in [-0.2, -0.15) is 13.2 Å². The zero-order chi connectivity index (χ0) is 26.1. The molecule has 0 radical (unpaired) electrons. The molecule has 2 aliphatic heterocycles. The number of halogens is 4. The third-order valence-corrected chi connectivity index (χ3v) is 6.85. The number of para-hydroxylation sites is 1. The number of pyridine rings is 1. The molecule has 2 N–H and O–H groups in total. The van der Waals surface area contributed by atoms with Crippen LogP contribution in [0.4, 0.5) is 19.0 Å². The monoisotopic (exact) mass is 524 g/mol. The first-order valence-electron chi connectivity index (χ1n) is 11.8. The van der Waals surface area contributed by atoms with Gasteiger partial charge in [0.1, 0.15) is 18.1 Å². The maximum Gasteiger partial charge on any atom is 0.405 e. The molecule has 2 aromatic rings. The van der Waals surface area contributed by atoms with Gasteiger partial charge in [0.2, 0.25) is 0 Å². The highest BCUT2D eigenvalue weighted by molar-refractivity contribution is 6.32. The third-order valence-electron chi connectivity index (χ3n) is 6.54. The summed E-state index contributed by atoms with van der Waals surface area (Å²) >= 11 is 6.17. The molecule has 2 aliphatic rings. The number of nitrogens with one attached hydrogen (secondary N) is 2. The Hall–Kier alpha value is -3.01. The number of fused-ring (bicyclic) bond motifs is 2. The van der Waals surface area contributed by atoms with Crippen molar-refractivity contribution in [2.75, 3.05) is 11.4 Å². The number of amides is 2. The van der Waals surface area contributed by atoms with Gasteiger partial charge >= 0.3 is 6.18 Å². The molecule has 3 heterocycles. The second kappa shape index (κ2) is 10.2. The molecule has 0 spiro atoms. The Labute approximate surface area is 212 Å². The topological polar surface area (TPSA) is 83.6 Å². The molecule has 1 aromatic carbocycles. The normalized spacial score (nSPS) is 21.7. The summed E-state index contributed by atoms with van der Waals surface area (Å²) in [5.41, 5.74) is -1.05. The molecule has 36 heavy (non-hydrogen) atoms. The van der Waals surface area contributed by atoms with Crippen LogP contribution in [-0.2, 0) is 4.79 Å². The molecule has 11 heteroatoms. The number of ether oxygens (including phenoxy) is 1. The third kappa shape index (κ3) is 6.03. The number of carbonyl (C=O) groups is 2. The van der Waals surface area contributed by atoms with Crippen molar-refractivity contribution in [3.8, 4) is 5.75 Å². The van der Waals surface area contributed by atoms with E-state index < -0.39 is 24.2 Å². The Morgan fingerprint density at radius 2 is 1.78 bits per heavy atom. The number of piperidine rings is 1. The lowest BCUT2D eigenvalue weighted by atomic mass is 9.96. The molecule has 0 aliphatic carbocycles. The van der Waals surface area contributed by atoms with Crippen molar-refractivity contribution in [1.29, 1.82) is 0 Å². The van der Waals surface area contributed by atoms with Crippen LogP contribution >= 0.6 is 11.6 Å². The van der Waals surface area contributed by atoms with E-state index in [0.29, 0.717) is 16.6 Å². The predicted octanol–water partition coefficient (Wildman–Crippen LogP) is 4.50. The SMILES string of the molecule is CC(C)(Oc1ccccc1Cl)C(=O)N[C@H]1C[C@H]2CC[C@@H](C1)N2c1ccc(C(=O)NCC(F)(F)F)cn1. The van der Waals surface area contributed by atoms with Crippen LogP contribution in [0.1, 0.15) is 49.9 Å². The fraction of sp³-hybridized carbons (Fsp3) is 0.480. The van der Waals surface area contributed by atoms with E-state index in [2.05, 4.69) is 15.2 Å². The van der Waals surface area contributed by atoms with Crippen molar-refractivity contribution in [1.82, 2.24) is 15.6 Å². The fourth-order valence-electron chi connectivity index (χ4n) is 4.83. The predicted molar refractivity (Wildman–Crippen MR) is 129 cm³/mol. The Morgan fingerprint density at radius 3 is 2.36 bits per heavy atom. The van der Waals surface area contributed by atoms with Crippen molar-refractivity contribution in [3.05, 3.63) is 53.2 Å². The van der Waals surface area contributed by atoms with Gasteiger partial charge in [-0.05, 0) is 63.8 Å². The van der Waals surface area contributed by atoms with Crippen LogP contribution < -0.4 is 20.3 Å². The van der Waals surface area contributed by atoms with Gasteiger partial charge in [-0.15, -0.1) is 0 Å². The molecule has 7 nitrogen and oxygen atoms in total. The van der Waals surface area contributed by atoms with Crippen LogP contribution in [0.15, 0.2) is 42.6 Å². The standard InChI is InChI=1S/C25H28ClF3N4O3/c1-24(2,36-20-6-4-3-5-19(20)26)23(35)32-16-11-17-8-9-18(12-16)33(17)21-10-7-15(13-30-21)22(34)31-14-25(27,28)29/h3-7,10,13,16-18H,8-9,11-12,14H2,1-2H3,(H,31,34)(H,32,35)/t16-,17+,18-. The summed E-state index contributed by atoms with van der Waals surface area (Å²) in [6.45, 7) is 2.01. The summed E-state index contributed by atoms with van der Waals surface area (Å²) in [5, 5.41) is 5.40. The zero-order valence-corrected chi connectivity index (χ0v) is 20.7. The van der Waals surface area contributed by atoms with Gasteiger partial charge in [0.25, 0.3) is 11.8 Å². The molecule has 0 unspecified atom stereocenters. The average molecular weight is 525 g/mol. The molecule has 2 bridgehead atoms. The fourth-order valence-corrected chi connectivity index (χ4v) is 5.01. The highest BCUT2D eigenvalue weighted by atomic mass is 35.5. The summed E-state index contributed by atoms with van der Waals surface area (Å²) < 4.78 is 42.9. The maximum atomic E-state index is 13.0. The molecule has 0 saturated carbocycles. The molecule has 2 amide bonds. The smallest absolute Gasteiger partial charge is 0.405 e. The van der Waals surface area contributed by atoms with E-state index in [-0.39, 0.29) is 29.6 Å². The van der Waals surface area contributed by atoms with E-state index in [1.807, 2.05) is 5.32 Å². The summed E-state index contributed by atoms with van der Waals surface area (Å²) in [6, 6.07) is 10.4. The van der Waals surface area contributed by atoms with E-state index in [1.54, 1.807) is 44.2 Å². The number of alkyl halides is 3. The summed E-state index contributed by atoms with van der Waals surface area (Å²) in [4.78, 5) is 31.5. The number of hydrogen-bond acceptors (Lipinski definition) is 5. The zero-order valence-electron chi connectivity index (χ0n) is 19.9. The number of carbonyl (C=O) groups excluding carboxylic acids is 2. The van der Waals surface area contributed by atoms with Gasteiger partial charge in [0.05, 0.1) is 10.6 Å². The molecule has 4 rings (SSSR count). The highest BCUT2D eigenvalue weighted by Gasteiger charge is 2.43. The number of anilines is 1. The van der Waals surface area contributed by atoms with E-state index >= 15 is 0 Å². The van der Waals surface area contributed by atoms with Crippen LogP contribution in [-0.4, -0.2) is 53.2 Å². The Bertz CT molecular complexity index is 1100. The van der Waals surface area contributed by atoms with Gasteiger partial charge in [-0.25, -0.2) is 4.98 Å². The van der Waals surface area contributed by atoms with Gasteiger partial charge < -0.3 is 20.3 Å². The lowest BCUT2D eigenvalue weighted by Gasteiger charge is -2.40. The number of rotatable bonds is 7. The van der Waals surface area contributed by atoms with Gasteiger partial charge in [0, 0.05) is 24.3 Å². The molecule has 194 valence electrons. The van der Waals surface area contributed by atoms with Crippen LogP contribution in [0.2, 0.25) is 5.02 Å². The van der Waals surface area contributed by atoms with Gasteiger partial charge in [-0.3, -0.25) is 9.59 Å². The lowest BCUT2D eigenvalue weighted by Crippen LogP contribution is -2.55. The minimum atomic E-state index is -4.47. The van der Waals surface area contributed by atoms with Crippen molar-refractivity contribution in [3.63, 3.8) is 0 Å². The van der Waals surface area contributed by atoms with Crippen LogP contribution in [0.3, 0.4) is 0 Å². The Balaban J connectivity index is 1.35. The summed E-state index contributed by atoms with van der Waals surface area (Å²) in [6.07, 6.45) is 0.138. The largest absolute Gasteiger partial charge is 0.476 e. The van der Waals surface area contributed by atoms with E-state index in [0.717, 1.165) is 25.7 Å². The van der Waals surface area contributed by atoms with Crippen molar-refractivity contribution < 1.29 is 27.5 Å². The minimum Gasteiger partial charge on any atom is -0.476 e. The van der Waals surface area contributed by atoms with Crippen LogP contribution in [0.25, 0.3) is 0 Å². The van der Waals surface area contributed by atoms with Gasteiger partial charge in [-0.1, -0.05) is 23.7 Å². The maximum absolute atomic E-state index is 13.0. The second-order valence-corrected chi connectivity index (χ2v) is 10.1. The lowest BCUT2D eigenvalue weighted by molar-refractivity contribution is -0.135. The number of hydrogen-bond donors (Lipinski definition) is 2. The van der Waals surface area contributed by atoms with Crippen molar-refractivity contribution in [2.45, 2.75) is 69.4 Å². The minimum absolute atomic E-state index is 0.0345. The number of nitrogens with zero attached hydrogens (tertiary/aromatic N) is 2. The first-order valence-corrected chi connectivity index (χ1v) is 12.1. The Kier molecular flexibility index (Phi) is 7.36. The molecule has 1 aromatic heterocycles. The first-order chi connectivity index (χ1) is 16.9. The molecule has 2 saturated heterocycles. The van der Waals surface area contributed by atoms with Crippen molar-refractivity contribution >= 4 is 29.2 Å². The summed E-state index contributed by atoms with van der Waals surface area (Å²) in [5.74, 6) is 0.0582. The molecule has 2 fully saturated rings. The molecular formula is C25H28ClF3N4O3. The second-order valence-electron chi connectivity index (χ2n) is 9.68. The van der Waals surface area contributed by atoms with Gasteiger partial charge in [0.15, 0.2) is 5.60 Å². The van der Waals surface area contributed by atoms with Crippen LogP contribution in [0.5, 0.6) is 5.75 Å². The Morgan fingerprint density at radius 1 is 1.11 bits per heavy atom. The number of benzene rings is 1. The van der Waals surface area contributed by atoms with E-state index in [4.69, 9.17) is 16.3 Å².